The van der Waals surface area contributed by atoms with Crippen molar-refractivity contribution in [3.63, 3.8) is 0 Å². The molecule has 1 aliphatic heterocycles. The third-order valence-corrected chi connectivity index (χ3v) is 6.05. The number of methoxy groups -OCH3 is 1. The predicted octanol–water partition coefficient (Wildman–Crippen LogP) is 2.91. The molecule has 194 valence electrons. The molecular weight excluding hydrogens is 466 g/mol. The van der Waals surface area contributed by atoms with E-state index in [1.54, 1.807) is 13.1 Å². The Morgan fingerprint density at radius 1 is 1.11 bits per heavy atom. The van der Waals surface area contributed by atoms with E-state index in [0.29, 0.717) is 44.1 Å². The van der Waals surface area contributed by atoms with Crippen molar-refractivity contribution >= 4 is 23.3 Å². The van der Waals surface area contributed by atoms with Crippen LogP contribution in [-0.4, -0.2) is 87.2 Å². The molecule has 1 heterocycles. The molecule has 0 aromatic heterocycles. The summed E-state index contributed by atoms with van der Waals surface area (Å²) in [5.74, 6) is 0.180. The van der Waals surface area contributed by atoms with Gasteiger partial charge in [0.25, 0.3) is 5.91 Å². The maximum absolute atomic E-state index is 13.1. The molecule has 2 aromatic carbocycles. The largest absolute Gasteiger partial charge is 0.491 e. The first-order chi connectivity index (χ1) is 17.2. The zero-order valence-electron chi connectivity index (χ0n) is 21.2. The van der Waals surface area contributed by atoms with Gasteiger partial charge in [-0.05, 0) is 44.2 Å². The molecule has 1 aliphatic rings. The fourth-order valence-electron chi connectivity index (χ4n) is 3.85. The second-order valence-corrected chi connectivity index (χ2v) is 8.70. The van der Waals surface area contributed by atoms with Crippen LogP contribution in [0, 0.1) is 17.0 Å². The number of hydrogen-bond acceptors (Lipinski definition) is 7. The van der Waals surface area contributed by atoms with Crippen LogP contribution in [-0.2, 0) is 0 Å². The number of carbonyl (C=O) groups excluding carboxylic acids is 2. The molecule has 0 unspecified atom stereocenters. The van der Waals surface area contributed by atoms with Crippen LogP contribution in [0.4, 0.5) is 16.2 Å². The first-order valence-electron chi connectivity index (χ1n) is 11.8. The van der Waals surface area contributed by atoms with Gasteiger partial charge in [0, 0.05) is 57.5 Å². The molecule has 0 saturated carbocycles. The van der Waals surface area contributed by atoms with E-state index in [1.807, 2.05) is 31.0 Å². The summed E-state index contributed by atoms with van der Waals surface area (Å²) in [5.41, 5.74) is 1.56. The van der Waals surface area contributed by atoms with Crippen LogP contribution in [0.15, 0.2) is 36.4 Å². The number of rotatable bonds is 9. The predicted molar refractivity (Wildman–Crippen MR) is 136 cm³/mol. The van der Waals surface area contributed by atoms with Crippen molar-refractivity contribution < 1.29 is 24.0 Å². The molecule has 1 N–H and O–H groups in total. The van der Waals surface area contributed by atoms with E-state index >= 15 is 0 Å². The van der Waals surface area contributed by atoms with Gasteiger partial charge in [-0.3, -0.25) is 14.9 Å². The maximum atomic E-state index is 13.1. The smallest absolute Gasteiger partial charge is 0.317 e. The molecule has 1 fully saturated rings. The summed E-state index contributed by atoms with van der Waals surface area (Å²) in [4.78, 5) is 41.5. The van der Waals surface area contributed by atoms with Gasteiger partial charge in [-0.25, -0.2) is 4.79 Å². The van der Waals surface area contributed by atoms with E-state index in [0.717, 1.165) is 18.7 Å². The molecule has 11 heteroatoms. The second kappa shape index (κ2) is 12.2. The number of piperazine rings is 1. The van der Waals surface area contributed by atoms with Crippen LogP contribution < -0.4 is 19.7 Å². The van der Waals surface area contributed by atoms with Gasteiger partial charge in [-0.15, -0.1) is 0 Å². The van der Waals surface area contributed by atoms with Crippen LogP contribution in [0.1, 0.15) is 22.3 Å². The molecular formula is C25H33N5O6. The summed E-state index contributed by atoms with van der Waals surface area (Å²) in [6.07, 6.45) is 0.601. The number of nitrogens with zero attached hydrogens (tertiary/aromatic N) is 4. The van der Waals surface area contributed by atoms with Crippen LogP contribution >= 0.6 is 0 Å². The Balaban J connectivity index is 1.60. The number of ether oxygens (including phenoxy) is 2. The Labute approximate surface area is 210 Å². The number of anilines is 1. The Morgan fingerprint density at radius 2 is 1.83 bits per heavy atom. The summed E-state index contributed by atoms with van der Waals surface area (Å²) in [7, 11) is 4.98. The van der Waals surface area contributed by atoms with E-state index in [2.05, 4.69) is 10.2 Å². The van der Waals surface area contributed by atoms with Gasteiger partial charge in [0.2, 0.25) is 0 Å². The summed E-state index contributed by atoms with van der Waals surface area (Å²) in [6, 6.07) is 9.45. The number of carbonyl (C=O) groups is 2. The topological polar surface area (TPSA) is 117 Å². The number of urea groups is 1. The number of hydrogen-bond donors (Lipinski definition) is 1. The van der Waals surface area contributed by atoms with Gasteiger partial charge in [0.05, 0.1) is 24.3 Å². The third kappa shape index (κ3) is 6.63. The lowest BCUT2D eigenvalue weighted by atomic mass is 10.1. The van der Waals surface area contributed by atoms with E-state index in [9.17, 15) is 19.7 Å². The second-order valence-electron chi connectivity index (χ2n) is 8.70. The monoisotopic (exact) mass is 499 g/mol. The zero-order chi connectivity index (χ0) is 26.2. The number of nitro benzene ring substituents is 1. The van der Waals surface area contributed by atoms with Gasteiger partial charge >= 0.3 is 11.7 Å². The normalized spacial score (nSPS) is 13.7. The highest BCUT2D eigenvalue weighted by molar-refractivity contribution is 6.07. The lowest BCUT2D eigenvalue weighted by Gasteiger charge is -2.32. The Morgan fingerprint density at radius 3 is 2.50 bits per heavy atom. The zero-order valence-corrected chi connectivity index (χ0v) is 21.2. The van der Waals surface area contributed by atoms with Crippen LogP contribution in [0.5, 0.6) is 11.5 Å². The number of nitrogens with one attached hydrogen (secondary N) is 1. The highest BCUT2D eigenvalue weighted by Gasteiger charge is 2.22. The van der Waals surface area contributed by atoms with Gasteiger partial charge in [-0.1, -0.05) is 6.07 Å². The number of benzene rings is 2. The minimum Gasteiger partial charge on any atom is -0.491 e. The minimum atomic E-state index is -0.559. The van der Waals surface area contributed by atoms with Crippen LogP contribution in [0.25, 0.3) is 0 Å². The van der Waals surface area contributed by atoms with Gasteiger partial charge < -0.3 is 29.5 Å². The maximum Gasteiger partial charge on any atom is 0.317 e. The summed E-state index contributed by atoms with van der Waals surface area (Å²) in [5, 5.41) is 14.1. The minimum absolute atomic E-state index is 0.0123. The summed E-state index contributed by atoms with van der Waals surface area (Å²) in [6.45, 7) is 5.92. The van der Waals surface area contributed by atoms with Gasteiger partial charge in [0.1, 0.15) is 5.75 Å². The number of aryl methyl sites for hydroxylation is 1. The lowest BCUT2D eigenvalue weighted by molar-refractivity contribution is -0.385. The SMILES string of the molecule is COc1cc(C(=O)N(C)c2ccc(C)cc2OCCCNC(=O)N2CCN(C)CC2)ccc1[N+](=O)[O-]. The number of likely N-dealkylation sites (N-methyl/N-ethyl adjacent to an activating group) is 1. The van der Waals surface area contributed by atoms with E-state index in [-0.39, 0.29) is 28.9 Å². The average Bonchev–Trinajstić information content (AvgIpc) is 2.87. The molecule has 0 bridgehead atoms. The van der Waals surface area contributed by atoms with Gasteiger partial charge in [-0.2, -0.15) is 0 Å². The average molecular weight is 500 g/mol. The molecule has 3 amide bonds. The van der Waals surface area contributed by atoms with E-state index in [4.69, 9.17) is 9.47 Å². The van der Waals surface area contributed by atoms with Crippen molar-refractivity contribution in [3.05, 3.63) is 57.6 Å². The fourth-order valence-corrected chi connectivity index (χ4v) is 3.85. The lowest BCUT2D eigenvalue weighted by Crippen LogP contribution is -2.50. The Kier molecular flexibility index (Phi) is 9.07. The van der Waals surface area contributed by atoms with Crippen LogP contribution in [0.2, 0.25) is 0 Å². The first kappa shape index (κ1) is 26.7. The van der Waals surface area contributed by atoms with E-state index < -0.39 is 4.92 Å². The van der Waals surface area contributed by atoms with Gasteiger partial charge in [0.15, 0.2) is 5.75 Å². The molecule has 3 rings (SSSR count). The fraction of sp³-hybridized carbons (Fsp3) is 0.440. The highest BCUT2D eigenvalue weighted by Crippen LogP contribution is 2.32. The molecule has 0 radical (unpaired) electrons. The van der Waals surface area contributed by atoms with Crippen molar-refractivity contribution in [3.8, 4) is 11.5 Å². The quantitative estimate of drug-likeness (QED) is 0.320. The Bertz CT molecular complexity index is 1100. The molecule has 0 aliphatic carbocycles. The van der Waals surface area contributed by atoms with Crippen molar-refractivity contribution in [1.29, 1.82) is 0 Å². The number of nitro groups is 1. The van der Waals surface area contributed by atoms with Crippen LogP contribution in [0.3, 0.4) is 0 Å². The number of amides is 3. The molecule has 0 spiro atoms. The molecule has 0 atom stereocenters. The summed E-state index contributed by atoms with van der Waals surface area (Å²) >= 11 is 0. The Hall–Kier alpha value is -3.86. The summed E-state index contributed by atoms with van der Waals surface area (Å²) < 4.78 is 11.1. The third-order valence-electron chi connectivity index (χ3n) is 6.05. The molecule has 1 saturated heterocycles. The van der Waals surface area contributed by atoms with Crippen molar-refractivity contribution in [2.45, 2.75) is 13.3 Å². The van der Waals surface area contributed by atoms with Crippen molar-refractivity contribution in [2.75, 3.05) is 65.4 Å². The van der Waals surface area contributed by atoms with Crippen molar-refractivity contribution in [1.82, 2.24) is 15.1 Å². The van der Waals surface area contributed by atoms with Crippen molar-refractivity contribution in [2.24, 2.45) is 0 Å². The standard InChI is InChI=1S/C25H33N5O6/c1-18-6-8-20(28(3)24(31)19-7-9-21(30(33)34)22(17-19)35-4)23(16-18)36-15-5-10-26-25(32)29-13-11-27(2)12-14-29/h6-9,16-17H,5,10-15H2,1-4H3,(H,26,32). The van der Waals surface area contributed by atoms with E-state index in [1.165, 1.54) is 30.2 Å². The molecule has 36 heavy (non-hydrogen) atoms. The molecule has 11 nitrogen and oxygen atoms in total. The highest BCUT2D eigenvalue weighted by atomic mass is 16.6. The first-order valence-corrected chi connectivity index (χ1v) is 11.8. The molecule has 2 aromatic rings.